The maximum atomic E-state index is 14.5. The highest BCUT2D eigenvalue weighted by Gasteiger charge is 2.17. The topological polar surface area (TPSA) is 70.6 Å². The summed E-state index contributed by atoms with van der Waals surface area (Å²) in [7, 11) is 1.81. The number of rotatable bonds is 7. The number of benzene rings is 3. The molecule has 1 aromatic heterocycles. The minimum atomic E-state index is -0.427. The van der Waals surface area contributed by atoms with Crippen LogP contribution in [-0.2, 0) is 0 Å². The second-order valence-electron chi connectivity index (χ2n) is 9.21. The van der Waals surface area contributed by atoms with Gasteiger partial charge in [-0.05, 0) is 49.6 Å². The van der Waals surface area contributed by atoms with Crippen molar-refractivity contribution in [3.8, 4) is 24.0 Å². The number of piperidine rings is 1. The largest absolute Gasteiger partial charge is 0.438 e. The molecular formula is C30H28FN5O2. The first-order valence-corrected chi connectivity index (χ1v) is 12.6. The van der Waals surface area contributed by atoms with Gasteiger partial charge in [-0.3, -0.25) is 4.79 Å². The number of amides is 1. The lowest BCUT2D eigenvalue weighted by Crippen LogP contribution is -2.29. The Morgan fingerprint density at radius 3 is 2.68 bits per heavy atom. The lowest BCUT2D eigenvalue weighted by Gasteiger charge is -2.29. The summed E-state index contributed by atoms with van der Waals surface area (Å²) in [4.78, 5) is 25.8. The molecule has 3 aromatic carbocycles. The Labute approximate surface area is 221 Å². The average molecular weight is 510 g/mol. The number of anilines is 3. The second-order valence-corrected chi connectivity index (χ2v) is 9.21. The number of nitrogens with zero attached hydrogens (tertiary/aromatic N) is 4. The summed E-state index contributed by atoms with van der Waals surface area (Å²) < 4.78 is 20.6. The first-order chi connectivity index (χ1) is 18.5. The van der Waals surface area contributed by atoms with E-state index in [9.17, 15) is 9.18 Å². The molecule has 192 valence electrons. The van der Waals surface area contributed by atoms with Crippen LogP contribution in [0.25, 0.3) is 10.8 Å². The molecule has 0 saturated carbocycles. The lowest BCUT2D eigenvalue weighted by atomic mass is 10.1. The Morgan fingerprint density at radius 1 is 1.11 bits per heavy atom. The normalized spacial score (nSPS) is 13.1. The number of terminal acetylenes is 1. The number of ether oxygens (including phenoxy) is 1. The van der Waals surface area contributed by atoms with E-state index in [0.29, 0.717) is 29.8 Å². The van der Waals surface area contributed by atoms with Crippen LogP contribution in [0.2, 0.25) is 0 Å². The SMILES string of the molecule is C#CCN(C)c1nccc(Oc2ccc(NC(=O)c3cc(F)cc(N4CCCCC4)c3)c3ccccc23)n1. The second kappa shape index (κ2) is 11.2. The zero-order chi connectivity index (χ0) is 26.5. The number of nitrogens with one attached hydrogen (secondary N) is 1. The molecule has 0 aliphatic carbocycles. The van der Waals surface area contributed by atoms with Crippen molar-refractivity contribution in [3.63, 3.8) is 0 Å². The van der Waals surface area contributed by atoms with Gasteiger partial charge in [-0.25, -0.2) is 9.37 Å². The van der Waals surface area contributed by atoms with Gasteiger partial charge in [0.05, 0.1) is 6.54 Å². The first kappa shape index (κ1) is 25.0. The maximum absolute atomic E-state index is 14.5. The van der Waals surface area contributed by atoms with Crippen molar-refractivity contribution in [1.82, 2.24) is 9.97 Å². The third-order valence-electron chi connectivity index (χ3n) is 6.50. The van der Waals surface area contributed by atoms with Crippen molar-refractivity contribution in [2.45, 2.75) is 19.3 Å². The Bertz CT molecular complexity index is 1510. The van der Waals surface area contributed by atoms with E-state index in [2.05, 4.69) is 26.1 Å². The van der Waals surface area contributed by atoms with E-state index in [1.54, 1.807) is 42.4 Å². The zero-order valence-corrected chi connectivity index (χ0v) is 21.2. The maximum Gasteiger partial charge on any atom is 0.255 e. The van der Waals surface area contributed by atoms with Gasteiger partial charge < -0.3 is 19.9 Å². The van der Waals surface area contributed by atoms with E-state index < -0.39 is 5.82 Å². The summed E-state index contributed by atoms with van der Waals surface area (Å²) in [5.41, 5.74) is 1.61. The molecule has 1 saturated heterocycles. The molecule has 4 aromatic rings. The van der Waals surface area contributed by atoms with Crippen LogP contribution in [0.1, 0.15) is 29.6 Å². The van der Waals surface area contributed by atoms with Crippen molar-refractivity contribution in [3.05, 3.63) is 78.2 Å². The van der Waals surface area contributed by atoms with Crippen LogP contribution < -0.4 is 19.9 Å². The van der Waals surface area contributed by atoms with E-state index in [-0.39, 0.29) is 11.5 Å². The molecule has 5 rings (SSSR count). The fourth-order valence-corrected chi connectivity index (χ4v) is 4.60. The zero-order valence-electron chi connectivity index (χ0n) is 21.2. The van der Waals surface area contributed by atoms with Gasteiger partial charge in [-0.2, -0.15) is 4.98 Å². The van der Waals surface area contributed by atoms with E-state index in [0.717, 1.165) is 42.4 Å². The van der Waals surface area contributed by atoms with Crippen molar-refractivity contribution < 1.29 is 13.9 Å². The molecule has 0 unspecified atom stereocenters. The monoisotopic (exact) mass is 509 g/mol. The van der Waals surface area contributed by atoms with E-state index >= 15 is 0 Å². The van der Waals surface area contributed by atoms with Gasteiger partial charge in [0.1, 0.15) is 11.6 Å². The molecule has 1 fully saturated rings. The number of hydrogen-bond donors (Lipinski definition) is 1. The highest BCUT2D eigenvalue weighted by Crippen LogP contribution is 2.34. The van der Waals surface area contributed by atoms with Gasteiger partial charge in [0.15, 0.2) is 0 Å². The molecule has 1 aliphatic rings. The molecule has 38 heavy (non-hydrogen) atoms. The van der Waals surface area contributed by atoms with E-state index in [4.69, 9.17) is 11.2 Å². The van der Waals surface area contributed by atoms with Gasteiger partial charge in [-0.1, -0.05) is 30.2 Å². The van der Waals surface area contributed by atoms with E-state index in [1.165, 1.54) is 18.6 Å². The Kier molecular flexibility index (Phi) is 7.36. The van der Waals surface area contributed by atoms with Crippen molar-refractivity contribution in [1.29, 1.82) is 0 Å². The van der Waals surface area contributed by atoms with Crippen molar-refractivity contribution in [2.75, 3.05) is 41.8 Å². The Morgan fingerprint density at radius 2 is 1.89 bits per heavy atom. The molecule has 7 nitrogen and oxygen atoms in total. The number of halogens is 1. The predicted octanol–water partition coefficient (Wildman–Crippen LogP) is 5.87. The summed E-state index contributed by atoms with van der Waals surface area (Å²) >= 11 is 0. The number of hydrogen-bond acceptors (Lipinski definition) is 6. The number of carbonyl (C=O) groups is 1. The third-order valence-corrected chi connectivity index (χ3v) is 6.50. The molecular weight excluding hydrogens is 481 g/mol. The molecule has 1 aliphatic heterocycles. The van der Waals surface area contributed by atoms with Crippen molar-refractivity contribution >= 4 is 34.0 Å². The average Bonchev–Trinajstić information content (AvgIpc) is 2.95. The van der Waals surface area contributed by atoms with Crippen LogP contribution in [0.4, 0.5) is 21.7 Å². The third kappa shape index (κ3) is 5.52. The summed E-state index contributed by atoms with van der Waals surface area (Å²) in [6.07, 6.45) is 10.3. The molecule has 2 heterocycles. The highest BCUT2D eigenvalue weighted by molar-refractivity contribution is 6.10. The van der Waals surface area contributed by atoms with Gasteiger partial charge in [0.25, 0.3) is 5.91 Å². The minimum Gasteiger partial charge on any atom is -0.438 e. The molecule has 1 N–H and O–H groups in total. The molecule has 0 spiro atoms. The standard InChI is InChI=1S/C30H28FN5O2/c1-3-15-35(2)30-32-14-13-28(34-30)38-27-12-11-26(24-9-5-6-10-25(24)27)33-29(37)21-18-22(31)20-23(19-21)36-16-7-4-8-17-36/h1,5-6,9-14,18-20H,4,7-8,15-17H2,2H3,(H,33,37). The van der Waals surface area contributed by atoms with Crippen LogP contribution in [0.5, 0.6) is 11.6 Å². The van der Waals surface area contributed by atoms with E-state index in [1.807, 2.05) is 24.3 Å². The molecule has 1 amide bonds. The van der Waals surface area contributed by atoms with Crippen LogP contribution >= 0.6 is 0 Å². The quantitative estimate of drug-likeness (QED) is 0.314. The van der Waals surface area contributed by atoms with Gasteiger partial charge in [0, 0.05) is 60.1 Å². The number of carbonyl (C=O) groups excluding carboxylic acids is 1. The Balaban J connectivity index is 1.40. The summed E-state index contributed by atoms with van der Waals surface area (Å²) in [6.45, 7) is 2.10. The number of fused-ring (bicyclic) bond motifs is 1. The lowest BCUT2D eigenvalue weighted by molar-refractivity contribution is 0.102. The Hall–Kier alpha value is -4.64. The minimum absolute atomic E-state index is 0.277. The number of aromatic nitrogens is 2. The van der Waals surface area contributed by atoms with Gasteiger partial charge >= 0.3 is 0 Å². The summed E-state index contributed by atoms with van der Waals surface area (Å²) in [6, 6.07) is 17.3. The van der Waals surface area contributed by atoms with Crippen molar-refractivity contribution in [2.24, 2.45) is 0 Å². The van der Waals surface area contributed by atoms with Crippen LogP contribution in [-0.4, -0.2) is 42.6 Å². The predicted molar refractivity (Wildman–Crippen MR) is 149 cm³/mol. The first-order valence-electron chi connectivity index (χ1n) is 12.6. The molecule has 0 radical (unpaired) electrons. The van der Waals surface area contributed by atoms with Crippen LogP contribution in [0, 0.1) is 18.2 Å². The summed E-state index contributed by atoms with van der Waals surface area (Å²) in [5.74, 6) is 3.15. The molecule has 8 heteroatoms. The fraction of sp³-hybridized carbons (Fsp3) is 0.233. The smallest absolute Gasteiger partial charge is 0.255 e. The molecule has 0 bridgehead atoms. The van der Waals surface area contributed by atoms with Gasteiger partial charge in [-0.15, -0.1) is 6.42 Å². The fourth-order valence-electron chi connectivity index (χ4n) is 4.60. The van der Waals surface area contributed by atoms with Crippen LogP contribution in [0.3, 0.4) is 0 Å². The highest BCUT2D eigenvalue weighted by atomic mass is 19.1. The summed E-state index contributed by atoms with van der Waals surface area (Å²) in [5, 5.41) is 4.53. The van der Waals surface area contributed by atoms with Gasteiger partial charge in [0.2, 0.25) is 11.8 Å². The molecule has 0 atom stereocenters. The van der Waals surface area contributed by atoms with Crippen LogP contribution in [0.15, 0.2) is 66.9 Å².